The molecule has 0 radical (unpaired) electrons. The summed E-state index contributed by atoms with van der Waals surface area (Å²) in [6.07, 6.45) is 11.0. The molecule has 0 saturated heterocycles. The van der Waals surface area contributed by atoms with Gasteiger partial charge in [-0.05, 0) is 30.0 Å². The maximum atomic E-state index is 4.60. The van der Waals surface area contributed by atoms with E-state index in [-0.39, 0.29) is 0 Å². The van der Waals surface area contributed by atoms with Crippen LogP contribution < -0.4 is 10.2 Å². The van der Waals surface area contributed by atoms with Gasteiger partial charge >= 0.3 is 0 Å². The summed E-state index contributed by atoms with van der Waals surface area (Å²) < 4.78 is 2.09. The van der Waals surface area contributed by atoms with Crippen LogP contribution in [0.1, 0.15) is 12.1 Å². The van der Waals surface area contributed by atoms with Crippen molar-refractivity contribution < 1.29 is 0 Å². The van der Waals surface area contributed by atoms with E-state index in [0.717, 1.165) is 35.0 Å². The second-order valence-corrected chi connectivity index (χ2v) is 6.92. The maximum absolute atomic E-state index is 4.60. The molecule has 25 heavy (non-hydrogen) atoms. The van der Waals surface area contributed by atoms with Gasteiger partial charge in [0.25, 0.3) is 0 Å². The van der Waals surface area contributed by atoms with Gasteiger partial charge in [-0.25, -0.2) is 9.97 Å². The first kappa shape index (κ1) is 15.8. The van der Waals surface area contributed by atoms with Gasteiger partial charge in [-0.1, -0.05) is 30.0 Å². The van der Waals surface area contributed by atoms with Gasteiger partial charge in [-0.3, -0.25) is 4.40 Å². The van der Waals surface area contributed by atoms with Crippen molar-refractivity contribution in [2.24, 2.45) is 0 Å². The third kappa shape index (κ3) is 3.13. The lowest BCUT2D eigenvalue weighted by Gasteiger charge is -2.14. The minimum atomic E-state index is 0.751. The molecule has 6 heteroatoms. The summed E-state index contributed by atoms with van der Waals surface area (Å²) in [5, 5.41) is 5.52. The smallest absolute Gasteiger partial charge is 0.180 e. The average Bonchev–Trinajstić information content (AvgIpc) is 3.08. The van der Waals surface area contributed by atoms with Crippen LogP contribution >= 0.6 is 11.8 Å². The van der Waals surface area contributed by atoms with Gasteiger partial charge in [0.15, 0.2) is 11.5 Å². The first-order chi connectivity index (χ1) is 12.2. The summed E-state index contributed by atoms with van der Waals surface area (Å²) in [5.41, 5.74) is 4.04. The lowest BCUT2D eigenvalue weighted by Crippen LogP contribution is -2.08. The van der Waals surface area contributed by atoms with Crippen LogP contribution in [-0.2, 0) is 0 Å². The Morgan fingerprint density at radius 2 is 2.16 bits per heavy atom. The fourth-order valence-corrected chi connectivity index (χ4v) is 3.57. The van der Waals surface area contributed by atoms with Crippen LogP contribution in [-0.4, -0.2) is 28.5 Å². The van der Waals surface area contributed by atoms with E-state index in [0.29, 0.717) is 0 Å². The molecule has 1 aromatic carbocycles. The highest BCUT2D eigenvalue weighted by Crippen LogP contribution is 2.33. The molecule has 0 fully saturated rings. The van der Waals surface area contributed by atoms with E-state index in [1.807, 2.05) is 38.6 Å². The number of anilines is 3. The number of nitrogens with zero attached hydrogens (tertiary/aromatic N) is 4. The Kier molecular flexibility index (Phi) is 4.19. The van der Waals surface area contributed by atoms with Crippen LogP contribution in [0, 0.1) is 0 Å². The third-order valence-corrected chi connectivity index (χ3v) is 4.99. The van der Waals surface area contributed by atoms with Crippen LogP contribution in [0.5, 0.6) is 0 Å². The molecular weight excluding hydrogens is 330 g/mol. The summed E-state index contributed by atoms with van der Waals surface area (Å²) >= 11 is 1.72. The van der Waals surface area contributed by atoms with Gasteiger partial charge in [0.2, 0.25) is 0 Å². The molecule has 1 aliphatic rings. The zero-order chi connectivity index (χ0) is 17.2. The van der Waals surface area contributed by atoms with Gasteiger partial charge in [0.1, 0.15) is 0 Å². The first-order valence-corrected chi connectivity index (χ1v) is 8.99. The van der Waals surface area contributed by atoms with E-state index in [9.17, 15) is 0 Å². The van der Waals surface area contributed by atoms with Crippen molar-refractivity contribution in [3.63, 3.8) is 0 Å². The summed E-state index contributed by atoms with van der Waals surface area (Å²) in [7, 11) is 4.06. The second kappa shape index (κ2) is 6.64. The Bertz CT molecular complexity index is 971. The maximum Gasteiger partial charge on any atom is 0.180 e. The Balaban J connectivity index is 1.70. The van der Waals surface area contributed by atoms with Crippen molar-refractivity contribution in [2.45, 2.75) is 6.42 Å². The van der Waals surface area contributed by atoms with E-state index in [1.165, 1.54) is 4.91 Å². The molecule has 5 nitrogen and oxygen atoms in total. The normalized spacial score (nSPS) is 13.8. The third-order valence-electron chi connectivity index (χ3n) is 4.04. The number of hydrogen-bond donors (Lipinski definition) is 1. The summed E-state index contributed by atoms with van der Waals surface area (Å²) in [6.45, 7) is 0. The van der Waals surface area contributed by atoms with E-state index in [1.54, 1.807) is 18.0 Å². The molecule has 3 heterocycles. The molecule has 1 aliphatic heterocycles. The van der Waals surface area contributed by atoms with Crippen molar-refractivity contribution in [2.75, 3.05) is 24.3 Å². The topological polar surface area (TPSA) is 45.5 Å². The van der Waals surface area contributed by atoms with E-state index >= 15 is 0 Å². The number of rotatable bonds is 4. The van der Waals surface area contributed by atoms with Gasteiger partial charge in [0, 0.05) is 42.8 Å². The van der Waals surface area contributed by atoms with Crippen molar-refractivity contribution in [3.05, 3.63) is 66.1 Å². The number of aromatic nitrogens is 3. The molecule has 1 N–H and O–H groups in total. The van der Waals surface area contributed by atoms with Crippen molar-refractivity contribution in [3.8, 4) is 0 Å². The van der Waals surface area contributed by atoms with Gasteiger partial charge in [0.05, 0.1) is 11.9 Å². The average molecular weight is 349 g/mol. The molecule has 0 atom stereocenters. The van der Waals surface area contributed by atoms with Gasteiger partial charge in [-0.2, -0.15) is 0 Å². The van der Waals surface area contributed by atoms with Crippen molar-refractivity contribution in [1.29, 1.82) is 0 Å². The highest BCUT2D eigenvalue weighted by atomic mass is 32.2. The predicted molar refractivity (Wildman–Crippen MR) is 106 cm³/mol. The number of allylic oxidation sites excluding steroid dienone is 2. The SMILES string of the molecule is CN(C)c1cccc(Nc2nccn3c(C4=CCC=CS4)cnc23)c1. The minimum Gasteiger partial charge on any atom is -0.378 e. The molecule has 2 aromatic heterocycles. The van der Waals surface area contributed by atoms with E-state index in [4.69, 9.17) is 0 Å². The minimum absolute atomic E-state index is 0.751. The fourth-order valence-electron chi connectivity index (χ4n) is 2.75. The molecular formula is C19H19N5S. The Morgan fingerprint density at radius 1 is 1.24 bits per heavy atom. The molecule has 4 rings (SSSR count). The lowest BCUT2D eigenvalue weighted by atomic mass is 10.2. The highest BCUT2D eigenvalue weighted by Gasteiger charge is 2.13. The predicted octanol–water partition coefficient (Wildman–Crippen LogP) is 4.53. The van der Waals surface area contributed by atoms with Crippen LogP contribution in [0.3, 0.4) is 0 Å². The summed E-state index contributed by atoms with van der Waals surface area (Å²) in [6, 6.07) is 8.24. The molecule has 0 spiro atoms. The zero-order valence-electron chi connectivity index (χ0n) is 14.2. The molecule has 0 aliphatic carbocycles. The zero-order valence-corrected chi connectivity index (χ0v) is 15.0. The standard InChI is InChI=1S/C19H19N5S/c1-23(2)15-7-5-6-14(12-15)22-18-19-21-13-16(24(19)10-9-20-18)17-8-3-4-11-25-17/h4-13H,3H2,1-2H3,(H,20,22). The van der Waals surface area contributed by atoms with E-state index < -0.39 is 0 Å². The van der Waals surface area contributed by atoms with Crippen molar-refractivity contribution >= 4 is 39.5 Å². The van der Waals surface area contributed by atoms with E-state index in [2.05, 4.69) is 54.3 Å². The van der Waals surface area contributed by atoms with Gasteiger partial charge in [-0.15, -0.1) is 0 Å². The fraction of sp³-hybridized carbons (Fsp3) is 0.158. The molecule has 3 aromatic rings. The second-order valence-electron chi connectivity index (χ2n) is 5.98. The number of benzene rings is 1. The molecule has 0 unspecified atom stereocenters. The molecule has 126 valence electrons. The van der Waals surface area contributed by atoms with Gasteiger partial charge < -0.3 is 10.2 Å². The van der Waals surface area contributed by atoms with Crippen LogP contribution in [0.25, 0.3) is 10.6 Å². The number of imidazole rings is 1. The molecule has 0 saturated carbocycles. The number of thioether (sulfide) groups is 1. The van der Waals surface area contributed by atoms with Crippen molar-refractivity contribution in [1.82, 2.24) is 14.4 Å². The monoisotopic (exact) mass is 349 g/mol. The molecule has 0 amide bonds. The quantitative estimate of drug-likeness (QED) is 0.750. The largest absolute Gasteiger partial charge is 0.378 e. The van der Waals surface area contributed by atoms with Crippen LogP contribution in [0.15, 0.2) is 60.4 Å². The number of nitrogens with one attached hydrogen (secondary N) is 1. The first-order valence-electron chi connectivity index (χ1n) is 8.11. The Labute approximate surface area is 151 Å². The Morgan fingerprint density at radius 3 is 2.96 bits per heavy atom. The Hall–Kier alpha value is -2.73. The number of hydrogen-bond acceptors (Lipinski definition) is 5. The van der Waals surface area contributed by atoms with Crippen LogP contribution in [0.2, 0.25) is 0 Å². The number of fused-ring (bicyclic) bond motifs is 1. The summed E-state index contributed by atoms with van der Waals surface area (Å²) in [5.74, 6) is 0.751. The molecule has 0 bridgehead atoms. The highest BCUT2D eigenvalue weighted by molar-refractivity contribution is 8.10. The van der Waals surface area contributed by atoms with Crippen LogP contribution in [0.4, 0.5) is 17.2 Å². The lowest BCUT2D eigenvalue weighted by molar-refractivity contribution is 1.11. The summed E-state index contributed by atoms with van der Waals surface area (Å²) in [4.78, 5) is 12.4.